The zero-order chi connectivity index (χ0) is 12.8. The highest BCUT2D eigenvalue weighted by Gasteiger charge is 2.30. The molecule has 0 saturated heterocycles. The third-order valence-electron chi connectivity index (χ3n) is 2.44. The first-order chi connectivity index (χ1) is 7.83. The summed E-state index contributed by atoms with van der Waals surface area (Å²) >= 11 is 5.78. The number of fused-ring (bicyclic) bond motifs is 1. The van der Waals surface area contributed by atoms with Gasteiger partial charge in [0.15, 0.2) is 0 Å². The van der Waals surface area contributed by atoms with E-state index in [0.717, 1.165) is 0 Å². The molecule has 0 bridgehead atoms. The minimum atomic E-state index is -3.71. The van der Waals surface area contributed by atoms with Crippen LogP contribution in [0.2, 0.25) is 5.02 Å². The van der Waals surface area contributed by atoms with Gasteiger partial charge in [-0.25, -0.2) is 5.84 Å². The first kappa shape index (κ1) is 12.3. The Labute approximate surface area is 105 Å². The number of rotatable bonds is 1. The molecule has 0 aromatic heterocycles. The molecule has 92 valence electrons. The highest BCUT2D eigenvalue weighted by molar-refractivity contribution is 7.90. The summed E-state index contributed by atoms with van der Waals surface area (Å²) in [4.78, 5) is 0.0388. The van der Waals surface area contributed by atoms with E-state index in [1.807, 2.05) is 13.8 Å². The fraction of sp³-hybridized carbons (Fsp3) is 0.300. The largest absolute Gasteiger partial charge is 0.286 e. The van der Waals surface area contributed by atoms with Crippen LogP contribution in [0.3, 0.4) is 0 Å². The molecule has 0 atom stereocenters. The molecule has 0 unspecified atom stereocenters. The molecule has 0 amide bonds. The van der Waals surface area contributed by atoms with Gasteiger partial charge in [0.1, 0.15) is 10.7 Å². The Bertz CT molecular complexity index is 596. The summed E-state index contributed by atoms with van der Waals surface area (Å²) in [6, 6.07) is 4.53. The Balaban J connectivity index is 2.71. The van der Waals surface area contributed by atoms with Crippen LogP contribution in [-0.2, 0) is 10.0 Å². The maximum atomic E-state index is 12.0. The monoisotopic (exact) mass is 273 g/mol. The van der Waals surface area contributed by atoms with E-state index in [2.05, 4.69) is 4.40 Å². The van der Waals surface area contributed by atoms with Crippen molar-refractivity contribution in [3.8, 4) is 0 Å². The number of amidine groups is 1. The van der Waals surface area contributed by atoms with Crippen molar-refractivity contribution >= 4 is 33.1 Å². The van der Waals surface area contributed by atoms with E-state index >= 15 is 0 Å². The Morgan fingerprint density at radius 1 is 1.41 bits per heavy atom. The van der Waals surface area contributed by atoms with Gasteiger partial charge in [-0.3, -0.25) is 5.01 Å². The van der Waals surface area contributed by atoms with E-state index in [4.69, 9.17) is 17.4 Å². The van der Waals surface area contributed by atoms with E-state index in [9.17, 15) is 8.42 Å². The van der Waals surface area contributed by atoms with Crippen LogP contribution in [0, 0.1) is 5.92 Å². The molecule has 17 heavy (non-hydrogen) atoms. The van der Waals surface area contributed by atoms with Crippen LogP contribution < -0.4 is 10.9 Å². The number of halogens is 1. The van der Waals surface area contributed by atoms with Gasteiger partial charge in [-0.1, -0.05) is 25.4 Å². The van der Waals surface area contributed by atoms with Gasteiger partial charge in [-0.15, -0.1) is 4.40 Å². The molecule has 0 radical (unpaired) electrons. The van der Waals surface area contributed by atoms with E-state index in [-0.39, 0.29) is 10.8 Å². The lowest BCUT2D eigenvalue weighted by atomic mass is 10.2. The predicted molar refractivity (Wildman–Crippen MR) is 67.6 cm³/mol. The Hall–Kier alpha value is -1.11. The maximum absolute atomic E-state index is 12.0. The van der Waals surface area contributed by atoms with Crippen LogP contribution >= 0.6 is 11.6 Å². The van der Waals surface area contributed by atoms with Gasteiger partial charge in [-0.05, 0) is 18.2 Å². The normalized spacial score (nSPS) is 17.9. The number of anilines is 1. The number of hydrazine groups is 1. The quantitative estimate of drug-likeness (QED) is 0.792. The molecule has 1 aromatic carbocycles. The average Bonchev–Trinajstić information content (AvgIpc) is 2.23. The molecule has 5 nitrogen and oxygen atoms in total. The molecular formula is C10H12ClN3O2S. The van der Waals surface area contributed by atoms with Crippen LogP contribution in [0.15, 0.2) is 27.5 Å². The summed E-state index contributed by atoms with van der Waals surface area (Å²) < 4.78 is 27.6. The molecule has 0 saturated carbocycles. The van der Waals surface area contributed by atoms with E-state index in [1.165, 1.54) is 11.1 Å². The number of nitrogens with two attached hydrogens (primary N) is 1. The summed E-state index contributed by atoms with van der Waals surface area (Å²) in [7, 11) is -3.71. The Morgan fingerprint density at radius 2 is 2.06 bits per heavy atom. The van der Waals surface area contributed by atoms with Gasteiger partial charge in [0, 0.05) is 10.9 Å². The third kappa shape index (κ3) is 2.03. The van der Waals surface area contributed by atoms with Gasteiger partial charge >= 0.3 is 0 Å². The molecule has 2 N–H and O–H groups in total. The second kappa shape index (κ2) is 3.97. The number of benzene rings is 1. The van der Waals surface area contributed by atoms with E-state index < -0.39 is 10.0 Å². The van der Waals surface area contributed by atoms with Gasteiger partial charge in [0.05, 0.1) is 5.69 Å². The van der Waals surface area contributed by atoms with Crippen LogP contribution in [0.1, 0.15) is 13.8 Å². The fourth-order valence-electron chi connectivity index (χ4n) is 1.62. The second-order valence-electron chi connectivity index (χ2n) is 4.06. The van der Waals surface area contributed by atoms with Crippen molar-refractivity contribution in [2.45, 2.75) is 18.7 Å². The molecule has 7 heteroatoms. The van der Waals surface area contributed by atoms with Crippen molar-refractivity contribution < 1.29 is 8.42 Å². The van der Waals surface area contributed by atoms with E-state index in [1.54, 1.807) is 12.1 Å². The Kier molecular flexibility index (Phi) is 2.89. The molecule has 1 aromatic rings. The second-order valence-corrected chi connectivity index (χ2v) is 6.07. The van der Waals surface area contributed by atoms with Crippen molar-refractivity contribution in [2.75, 3.05) is 5.01 Å². The van der Waals surface area contributed by atoms with Crippen LogP contribution in [-0.4, -0.2) is 14.3 Å². The first-order valence-corrected chi connectivity index (χ1v) is 6.84. The third-order valence-corrected chi connectivity index (χ3v) is 3.98. The lowest BCUT2D eigenvalue weighted by Gasteiger charge is -2.28. The zero-order valence-corrected chi connectivity index (χ0v) is 11.0. The topological polar surface area (TPSA) is 75.8 Å². The smallest absolute Gasteiger partial charge is 0.264 e. The highest BCUT2D eigenvalue weighted by Crippen LogP contribution is 2.33. The molecule has 0 fully saturated rings. The van der Waals surface area contributed by atoms with Crippen molar-refractivity contribution in [3.63, 3.8) is 0 Å². The lowest BCUT2D eigenvalue weighted by molar-refractivity contribution is 0.595. The molecule has 1 heterocycles. The van der Waals surface area contributed by atoms with Crippen molar-refractivity contribution in [1.29, 1.82) is 0 Å². The molecule has 2 rings (SSSR count). The zero-order valence-electron chi connectivity index (χ0n) is 9.38. The van der Waals surface area contributed by atoms with Gasteiger partial charge in [-0.2, -0.15) is 8.42 Å². The average molecular weight is 274 g/mol. The molecule has 0 spiro atoms. The van der Waals surface area contributed by atoms with Crippen LogP contribution in [0.25, 0.3) is 0 Å². The van der Waals surface area contributed by atoms with Crippen molar-refractivity contribution in [1.82, 2.24) is 0 Å². The first-order valence-electron chi connectivity index (χ1n) is 5.02. The van der Waals surface area contributed by atoms with Gasteiger partial charge in [0.2, 0.25) is 0 Å². The summed E-state index contributed by atoms with van der Waals surface area (Å²) in [6.45, 7) is 3.66. The molecule has 1 aliphatic rings. The van der Waals surface area contributed by atoms with Crippen molar-refractivity contribution in [3.05, 3.63) is 23.2 Å². The van der Waals surface area contributed by atoms with Gasteiger partial charge < -0.3 is 0 Å². The van der Waals surface area contributed by atoms with E-state index in [0.29, 0.717) is 16.5 Å². The summed E-state index contributed by atoms with van der Waals surface area (Å²) in [5.41, 5.74) is 0.396. The maximum Gasteiger partial charge on any atom is 0.286 e. The fourth-order valence-corrected chi connectivity index (χ4v) is 3.20. The minimum Gasteiger partial charge on any atom is -0.264 e. The van der Waals surface area contributed by atoms with Crippen LogP contribution in [0.5, 0.6) is 0 Å². The lowest BCUT2D eigenvalue weighted by Crippen LogP contribution is -2.43. The SMILES string of the molecule is CC(C)C1=NS(=O)(=O)c2cc(Cl)ccc2N1N. The molecular weight excluding hydrogens is 262 g/mol. The highest BCUT2D eigenvalue weighted by atomic mass is 35.5. The summed E-state index contributed by atoms with van der Waals surface area (Å²) in [6.07, 6.45) is 0. The van der Waals surface area contributed by atoms with Gasteiger partial charge in [0.25, 0.3) is 10.0 Å². The standard InChI is InChI=1S/C10H12ClN3O2S/c1-6(2)10-13-17(15,16)9-5-7(11)3-4-8(9)14(10)12/h3-6H,12H2,1-2H3. The Morgan fingerprint density at radius 3 is 2.65 bits per heavy atom. The molecule has 1 aliphatic heterocycles. The number of hydrogen-bond donors (Lipinski definition) is 1. The van der Waals surface area contributed by atoms with Crippen LogP contribution in [0.4, 0.5) is 5.69 Å². The number of hydrogen-bond acceptors (Lipinski definition) is 4. The summed E-state index contributed by atoms with van der Waals surface area (Å²) in [5, 5.41) is 1.63. The summed E-state index contributed by atoms with van der Waals surface area (Å²) in [5.74, 6) is 6.09. The molecule has 0 aliphatic carbocycles. The number of sulfonamides is 1. The number of nitrogens with zero attached hydrogens (tertiary/aromatic N) is 2. The predicted octanol–water partition coefficient (Wildman–Crippen LogP) is 1.78. The van der Waals surface area contributed by atoms with Crippen molar-refractivity contribution in [2.24, 2.45) is 16.2 Å². The minimum absolute atomic E-state index is 0.0388.